The van der Waals surface area contributed by atoms with E-state index < -0.39 is 0 Å². The van der Waals surface area contributed by atoms with E-state index >= 15 is 0 Å². The van der Waals surface area contributed by atoms with Gasteiger partial charge in [0.1, 0.15) is 5.82 Å². The summed E-state index contributed by atoms with van der Waals surface area (Å²) in [4.78, 5) is 8.92. The van der Waals surface area contributed by atoms with Gasteiger partial charge in [0, 0.05) is 32.2 Å². The predicted molar refractivity (Wildman–Crippen MR) is 84.5 cm³/mol. The largest absolute Gasteiger partial charge is 0.367 e. The van der Waals surface area contributed by atoms with Crippen LogP contribution >= 0.6 is 23.2 Å². The second-order valence-electron chi connectivity index (χ2n) is 5.07. The van der Waals surface area contributed by atoms with E-state index in [4.69, 9.17) is 29.0 Å². The first kappa shape index (κ1) is 15.6. The van der Waals surface area contributed by atoms with Crippen LogP contribution in [0.3, 0.4) is 0 Å². The minimum absolute atomic E-state index is 0.401. The zero-order valence-electron chi connectivity index (χ0n) is 11.7. The Morgan fingerprint density at radius 1 is 1.30 bits per heavy atom. The maximum absolute atomic E-state index is 6.14. The molecule has 2 heterocycles. The topological polar surface area (TPSA) is 69.5 Å². The third kappa shape index (κ3) is 3.65. The van der Waals surface area contributed by atoms with Gasteiger partial charge >= 0.3 is 0 Å². The minimum atomic E-state index is 0.401. The summed E-state index contributed by atoms with van der Waals surface area (Å²) in [7, 11) is 4.26. The van der Waals surface area contributed by atoms with Crippen LogP contribution in [0.1, 0.15) is 0 Å². The molecule has 1 aliphatic heterocycles. The second kappa shape index (κ2) is 6.78. The molecule has 0 aliphatic carbocycles. The molecule has 8 heteroatoms. The number of rotatable bonds is 4. The highest BCUT2D eigenvalue weighted by Crippen LogP contribution is 2.28. The molecule has 1 aromatic rings. The summed E-state index contributed by atoms with van der Waals surface area (Å²) in [5.41, 5.74) is 2.46. The lowest BCUT2D eigenvalue weighted by Gasteiger charge is -2.37. The molecule has 0 radical (unpaired) electrons. The molecule has 6 nitrogen and oxygen atoms in total. The van der Waals surface area contributed by atoms with Crippen LogP contribution in [-0.4, -0.2) is 61.1 Å². The van der Waals surface area contributed by atoms with Crippen LogP contribution in [0, 0.1) is 0 Å². The van der Waals surface area contributed by atoms with E-state index in [1.807, 2.05) is 0 Å². The number of anilines is 2. The summed E-state index contributed by atoms with van der Waals surface area (Å²) >= 11 is 12.1. The van der Waals surface area contributed by atoms with Gasteiger partial charge in [0.2, 0.25) is 0 Å². The van der Waals surface area contributed by atoms with Crippen molar-refractivity contribution in [2.45, 2.75) is 6.04 Å². The van der Waals surface area contributed by atoms with E-state index in [0.717, 1.165) is 26.2 Å². The third-order valence-electron chi connectivity index (χ3n) is 3.55. The molecule has 4 N–H and O–H groups in total. The molecular weight excluding hydrogens is 299 g/mol. The zero-order chi connectivity index (χ0) is 14.7. The molecule has 0 amide bonds. The Labute approximate surface area is 129 Å². The van der Waals surface area contributed by atoms with Gasteiger partial charge < -0.3 is 15.6 Å². The Kier molecular flexibility index (Phi) is 5.29. The molecule has 1 aromatic heterocycles. The second-order valence-corrected chi connectivity index (χ2v) is 5.89. The Hall–Kier alpha value is -0.790. The Bertz CT molecular complexity index is 470. The van der Waals surface area contributed by atoms with Crippen molar-refractivity contribution in [2.75, 3.05) is 51.0 Å². The molecule has 0 bridgehead atoms. The van der Waals surface area contributed by atoms with Crippen LogP contribution in [0.4, 0.5) is 11.6 Å². The fraction of sp³-hybridized carbons (Fsp3) is 0.583. The van der Waals surface area contributed by atoms with Crippen molar-refractivity contribution in [1.82, 2.24) is 14.8 Å². The highest BCUT2D eigenvalue weighted by Gasteiger charge is 2.22. The van der Waals surface area contributed by atoms with Crippen LogP contribution < -0.4 is 16.6 Å². The van der Waals surface area contributed by atoms with Gasteiger partial charge in [-0.1, -0.05) is 23.2 Å². The van der Waals surface area contributed by atoms with E-state index in [1.54, 1.807) is 6.07 Å². The molecule has 1 unspecified atom stereocenters. The van der Waals surface area contributed by atoms with Crippen molar-refractivity contribution >= 4 is 34.8 Å². The number of nitrogens with one attached hydrogen (secondary N) is 2. The van der Waals surface area contributed by atoms with Crippen LogP contribution in [0.25, 0.3) is 0 Å². The summed E-state index contributed by atoms with van der Waals surface area (Å²) in [5, 5.41) is 4.16. The van der Waals surface area contributed by atoms with Crippen molar-refractivity contribution < 1.29 is 0 Å². The number of pyridine rings is 1. The molecule has 1 saturated heterocycles. The van der Waals surface area contributed by atoms with Crippen LogP contribution in [0.15, 0.2) is 6.07 Å². The van der Waals surface area contributed by atoms with E-state index in [2.05, 4.69) is 39.6 Å². The molecule has 112 valence electrons. The van der Waals surface area contributed by atoms with Crippen molar-refractivity contribution in [3.05, 3.63) is 16.1 Å². The summed E-state index contributed by atoms with van der Waals surface area (Å²) in [5.74, 6) is 6.36. The number of nitrogens with two attached hydrogens (primary N) is 1. The SMILES string of the molecule is CN1CCN(C)C(CNc2nc(NN)c(Cl)cc2Cl)C1. The van der Waals surface area contributed by atoms with Gasteiger partial charge in [-0.05, 0) is 20.2 Å². The number of hydrogen-bond donors (Lipinski definition) is 3. The van der Waals surface area contributed by atoms with Gasteiger partial charge in [-0.15, -0.1) is 0 Å². The van der Waals surface area contributed by atoms with Crippen molar-refractivity contribution in [3.63, 3.8) is 0 Å². The van der Waals surface area contributed by atoms with Gasteiger partial charge in [-0.2, -0.15) is 0 Å². The Balaban J connectivity index is 2.03. The lowest BCUT2D eigenvalue weighted by molar-refractivity contribution is 0.122. The van der Waals surface area contributed by atoms with Crippen molar-refractivity contribution in [2.24, 2.45) is 5.84 Å². The number of nitrogens with zero attached hydrogens (tertiary/aromatic N) is 3. The van der Waals surface area contributed by atoms with Gasteiger partial charge in [-0.25, -0.2) is 10.8 Å². The molecular formula is C12H20Cl2N6. The molecule has 0 saturated carbocycles. The standard InChI is InChI=1S/C12H20Cl2N6/c1-19-3-4-20(2)8(7-19)6-16-11-9(13)5-10(14)12(17-11)18-15/h5,8H,3-4,6-7,15H2,1-2H3,(H2,16,17,18). The summed E-state index contributed by atoms with van der Waals surface area (Å²) in [6, 6.07) is 2.04. The maximum Gasteiger partial charge on any atom is 0.161 e. The summed E-state index contributed by atoms with van der Waals surface area (Å²) < 4.78 is 0. The maximum atomic E-state index is 6.14. The molecule has 0 aromatic carbocycles. The number of piperazine rings is 1. The summed E-state index contributed by atoms with van der Waals surface area (Å²) in [6.07, 6.45) is 0. The predicted octanol–water partition coefficient (Wildman–Crippen LogP) is 1.33. The monoisotopic (exact) mass is 318 g/mol. The highest BCUT2D eigenvalue weighted by atomic mass is 35.5. The normalized spacial score (nSPS) is 20.9. The van der Waals surface area contributed by atoms with Crippen LogP contribution in [0.2, 0.25) is 10.0 Å². The van der Waals surface area contributed by atoms with Gasteiger partial charge in [0.25, 0.3) is 0 Å². The fourth-order valence-electron chi connectivity index (χ4n) is 2.23. The lowest BCUT2D eigenvalue weighted by Crippen LogP contribution is -2.52. The van der Waals surface area contributed by atoms with Crippen LogP contribution in [-0.2, 0) is 0 Å². The lowest BCUT2D eigenvalue weighted by atomic mass is 10.2. The quantitative estimate of drug-likeness (QED) is 0.575. The summed E-state index contributed by atoms with van der Waals surface area (Å²) in [6.45, 7) is 3.92. The van der Waals surface area contributed by atoms with E-state index in [9.17, 15) is 0 Å². The molecule has 1 atom stereocenters. The van der Waals surface area contributed by atoms with Gasteiger partial charge in [0.05, 0.1) is 10.0 Å². The first-order valence-electron chi connectivity index (χ1n) is 6.46. The minimum Gasteiger partial charge on any atom is -0.367 e. The van der Waals surface area contributed by atoms with E-state index in [1.165, 1.54) is 0 Å². The average molecular weight is 319 g/mol. The number of hydrazine groups is 1. The van der Waals surface area contributed by atoms with Crippen molar-refractivity contribution in [1.29, 1.82) is 0 Å². The Morgan fingerprint density at radius 2 is 2.00 bits per heavy atom. The molecule has 2 rings (SSSR count). The average Bonchev–Trinajstić information content (AvgIpc) is 2.41. The highest BCUT2D eigenvalue weighted by molar-refractivity contribution is 6.37. The molecule has 1 fully saturated rings. The molecule has 1 aliphatic rings. The van der Waals surface area contributed by atoms with E-state index in [0.29, 0.717) is 27.7 Å². The first-order valence-corrected chi connectivity index (χ1v) is 7.22. The number of nitrogen functional groups attached to an aromatic ring is 1. The van der Waals surface area contributed by atoms with Gasteiger partial charge in [-0.3, -0.25) is 4.90 Å². The van der Waals surface area contributed by atoms with Crippen LogP contribution in [0.5, 0.6) is 0 Å². The number of hydrogen-bond acceptors (Lipinski definition) is 6. The van der Waals surface area contributed by atoms with E-state index in [-0.39, 0.29) is 0 Å². The number of halogens is 2. The zero-order valence-corrected chi connectivity index (χ0v) is 13.2. The first-order chi connectivity index (χ1) is 9.51. The fourth-order valence-corrected chi connectivity index (χ4v) is 2.71. The molecule has 20 heavy (non-hydrogen) atoms. The third-order valence-corrected chi connectivity index (χ3v) is 4.13. The Morgan fingerprint density at radius 3 is 2.70 bits per heavy atom. The van der Waals surface area contributed by atoms with Gasteiger partial charge in [0.15, 0.2) is 5.82 Å². The molecule has 0 spiro atoms. The van der Waals surface area contributed by atoms with Crippen molar-refractivity contribution in [3.8, 4) is 0 Å². The number of aromatic nitrogens is 1. The smallest absolute Gasteiger partial charge is 0.161 e. The number of likely N-dealkylation sites (N-methyl/N-ethyl adjacent to an activating group) is 2.